The van der Waals surface area contributed by atoms with E-state index in [0.29, 0.717) is 56.4 Å². The highest BCUT2D eigenvalue weighted by Gasteiger charge is 2.30. The van der Waals surface area contributed by atoms with Crippen LogP contribution in [0.2, 0.25) is 0 Å². The van der Waals surface area contributed by atoms with E-state index in [4.69, 9.17) is 10.8 Å². The molecule has 71 heavy (non-hydrogen) atoms. The quantitative estimate of drug-likeness (QED) is 0.0244. The molecule has 2 unspecified atom stereocenters. The summed E-state index contributed by atoms with van der Waals surface area (Å²) in [5.74, 6) is -4.97. The van der Waals surface area contributed by atoms with Crippen LogP contribution in [0, 0.1) is 45.4 Å². The van der Waals surface area contributed by atoms with Crippen molar-refractivity contribution in [3.05, 3.63) is 149 Å². The summed E-state index contributed by atoms with van der Waals surface area (Å²) in [6, 6.07) is 28.4. The molecule has 0 bridgehead atoms. The van der Waals surface area contributed by atoms with Crippen LogP contribution in [0.1, 0.15) is 27.8 Å². The highest BCUT2D eigenvalue weighted by atomic mass is 32.2. The molecule has 0 aliphatic rings. The van der Waals surface area contributed by atoms with E-state index in [1.165, 1.54) is 24.3 Å². The molecule has 0 saturated heterocycles. The van der Waals surface area contributed by atoms with Gasteiger partial charge in [0.15, 0.2) is 23.5 Å². The van der Waals surface area contributed by atoms with Crippen molar-refractivity contribution in [1.29, 1.82) is 10.8 Å². The van der Waals surface area contributed by atoms with Crippen LogP contribution in [-0.4, -0.2) is 70.4 Å². The summed E-state index contributed by atoms with van der Waals surface area (Å²) in [7, 11) is -4.78. The molecule has 2 amide bonds. The Labute approximate surface area is 406 Å². The van der Waals surface area contributed by atoms with Gasteiger partial charge in [-0.2, -0.15) is 49.3 Å². The van der Waals surface area contributed by atoms with Crippen LogP contribution in [0.15, 0.2) is 167 Å². The van der Waals surface area contributed by atoms with E-state index in [1.807, 2.05) is 13.8 Å². The van der Waals surface area contributed by atoms with Crippen molar-refractivity contribution in [2.24, 2.45) is 40.9 Å². The molecule has 2 atom stereocenters. The first-order valence-corrected chi connectivity index (χ1v) is 22.6. The lowest BCUT2D eigenvalue weighted by Gasteiger charge is -2.12. The van der Waals surface area contributed by atoms with Crippen molar-refractivity contribution in [2.45, 2.75) is 51.6 Å². The Morgan fingerprint density at radius 2 is 0.831 bits per heavy atom. The fourth-order valence-corrected chi connectivity index (χ4v) is 7.26. The number of nitrogens with zero attached hydrogens (tertiary/aromatic N) is 8. The Morgan fingerprint density at radius 1 is 0.479 bits per heavy atom. The summed E-state index contributed by atoms with van der Waals surface area (Å²) >= 11 is 0. The highest BCUT2D eigenvalue weighted by Crippen LogP contribution is 2.36. The smallest absolute Gasteiger partial charge is 0.352 e. The SMILES string of the molecule is Cc1ccc(NC(=O)C(N=Nc2ccc(N=Nc3ccc(-c4ccc(N=Nc5ccc(N=NC(C(=N)C(=O)O)C(=O)Nc6ccc(C)cc6)c(C)c5)cc4S(=O)(=O)O)c(C)c3)cc2C)C(=N)C(=O)O)cc1. The molecule has 6 aromatic carbocycles. The second-order valence-corrected chi connectivity index (χ2v) is 17.3. The van der Waals surface area contributed by atoms with Gasteiger partial charge in [0.25, 0.3) is 21.9 Å². The molecule has 7 N–H and O–H groups in total. The van der Waals surface area contributed by atoms with Gasteiger partial charge in [-0.05, 0) is 142 Å². The van der Waals surface area contributed by atoms with E-state index >= 15 is 0 Å². The van der Waals surface area contributed by atoms with Crippen molar-refractivity contribution in [3.8, 4) is 11.1 Å². The number of azo groups is 4. The van der Waals surface area contributed by atoms with Gasteiger partial charge in [0.1, 0.15) is 4.90 Å². The van der Waals surface area contributed by atoms with Crippen LogP contribution in [-0.2, 0) is 29.3 Å². The van der Waals surface area contributed by atoms with E-state index in [0.717, 1.165) is 17.2 Å². The Morgan fingerprint density at radius 3 is 1.18 bits per heavy atom. The van der Waals surface area contributed by atoms with E-state index < -0.39 is 62.3 Å². The Kier molecular flexibility index (Phi) is 16.1. The lowest BCUT2D eigenvalue weighted by Crippen LogP contribution is -2.37. The van der Waals surface area contributed by atoms with Gasteiger partial charge in [-0.15, -0.1) is 0 Å². The number of aliphatic carboxylic acids is 2. The summed E-state index contributed by atoms with van der Waals surface area (Å²) in [5, 5.41) is 72.7. The largest absolute Gasteiger partial charge is 0.477 e. The first kappa shape index (κ1) is 51.2. The molecule has 22 heteroatoms. The predicted octanol–water partition coefficient (Wildman–Crippen LogP) is 11.4. The number of carboxylic acid groups (broad SMARTS) is 2. The van der Waals surface area contributed by atoms with Gasteiger partial charge in [-0.25, -0.2) is 9.59 Å². The third-order valence-corrected chi connectivity index (χ3v) is 11.3. The molecule has 0 aliphatic heterocycles. The third kappa shape index (κ3) is 13.5. The minimum absolute atomic E-state index is 0.0893. The number of aryl methyl sites for hydroxylation is 5. The number of rotatable bonds is 18. The van der Waals surface area contributed by atoms with Crippen LogP contribution in [0.3, 0.4) is 0 Å². The van der Waals surface area contributed by atoms with Gasteiger partial charge in [0.05, 0.1) is 34.1 Å². The van der Waals surface area contributed by atoms with E-state index in [2.05, 4.69) is 51.5 Å². The summed E-state index contributed by atoms with van der Waals surface area (Å²) in [6.45, 7) is 8.80. The number of carbonyl (C=O) groups is 4. The zero-order chi connectivity index (χ0) is 51.6. The normalized spacial score (nSPS) is 12.6. The van der Waals surface area contributed by atoms with Crippen LogP contribution < -0.4 is 10.6 Å². The average molecular weight is 977 g/mol. The molecule has 21 nitrogen and oxygen atoms in total. The maximum Gasteiger partial charge on any atom is 0.352 e. The van der Waals surface area contributed by atoms with Crippen molar-refractivity contribution in [2.75, 3.05) is 10.6 Å². The standard InChI is InChI=1S/C49H44N12O9S/c1-26-6-10-31(11-7-26)52-46(62)44(42(50)48(64)65)60-58-39-20-16-34(23-29(39)4)55-54-33-14-18-37(28(3)22-33)38-19-15-36(25-41(38)71(68,69)70)57-56-35-17-21-40(30(5)24-35)59-61-45(43(51)49(66)67)47(63)53-32-12-8-27(2)9-13-32/h6-25,44-45,50-51H,1-5H3,(H,52,62)(H,53,63)(H,64,65)(H,66,67)(H,68,69,70). The number of anilines is 2. The number of nitrogens with one attached hydrogen (secondary N) is 4. The monoisotopic (exact) mass is 976 g/mol. The van der Waals surface area contributed by atoms with Crippen LogP contribution in [0.25, 0.3) is 11.1 Å². The number of carboxylic acids is 2. The van der Waals surface area contributed by atoms with E-state index in [1.54, 1.807) is 112 Å². The number of benzene rings is 6. The Bertz CT molecular complexity index is 3340. The molecular formula is C49H44N12O9S. The number of hydrogen-bond acceptors (Lipinski definition) is 16. The van der Waals surface area contributed by atoms with E-state index in [9.17, 15) is 42.4 Å². The van der Waals surface area contributed by atoms with Crippen molar-refractivity contribution in [1.82, 2.24) is 0 Å². The highest BCUT2D eigenvalue weighted by molar-refractivity contribution is 7.86. The molecule has 0 saturated carbocycles. The number of carbonyl (C=O) groups excluding carboxylic acids is 2. The Hall–Kier alpha value is -9.15. The summed E-state index contributed by atoms with van der Waals surface area (Å²) in [5.41, 5.74) is 4.77. The molecule has 0 fully saturated rings. The second kappa shape index (κ2) is 22.3. The lowest BCUT2D eigenvalue weighted by molar-refractivity contribution is -0.131. The molecule has 0 aromatic heterocycles. The van der Waals surface area contributed by atoms with Crippen molar-refractivity contribution >= 4 is 90.8 Å². The van der Waals surface area contributed by atoms with Crippen LogP contribution >= 0.6 is 0 Å². The van der Waals surface area contributed by atoms with Gasteiger partial charge in [0.2, 0.25) is 0 Å². The predicted molar refractivity (Wildman–Crippen MR) is 264 cm³/mol. The summed E-state index contributed by atoms with van der Waals surface area (Å²) < 4.78 is 35.7. The molecular weight excluding hydrogens is 933 g/mol. The zero-order valence-electron chi connectivity index (χ0n) is 38.5. The van der Waals surface area contributed by atoms with Crippen LogP contribution in [0.5, 0.6) is 0 Å². The molecule has 6 aromatic rings. The zero-order valence-corrected chi connectivity index (χ0v) is 39.3. The lowest BCUT2D eigenvalue weighted by atomic mass is 10.00. The topological polar surface area (TPSA) is 334 Å². The Balaban J connectivity index is 1.14. The van der Waals surface area contributed by atoms with E-state index in [-0.39, 0.29) is 16.9 Å². The summed E-state index contributed by atoms with van der Waals surface area (Å²) in [4.78, 5) is 48.7. The maximum absolute atomic E-state index is 12.9. The van der Waals surface area contributed by atoms with Crippen LogP contribution in [0.4, 0.5) is 45.5 Å². The molecule has 0 aliphatic carbocycles. The van der Waals surface area contributed by atoms with Gasteiger partial charge in [-0.3, -0.25) is 25.0 Å². The van der Waals surface area contributed by atoms with Gasteiger partial charge < -0.3 is 20.8 Å². The average Bonchev–Trinajstić information content (AvgIpc) is 3.32. The number of amides is 2. The molecule has 0 heterocycles. The van der Waals surface area contributed by atoms with Crippen molar-refractivity contribution < 1.29 is 42.4 Å². The third-order valence-electron chi connectivity index (χ3n) is 10.4. The van der Waals surface area contributed by atoms with Gasteiger partial charge in [-0.1, -0.05) is 47.5 Å². The fraction of sp³-hybridized carbons (Fsp3) is 0.143. The summed E-state index contributed by atoms with van der Waals surface area (Å²) in [6.07, 6.45) is 0. The van der Waals surface area contributed by atoms with Gasteiger partial charge >= 0.3 is 11.9 Å². The first-order chi connectivity index (χ1) is 33.7. The first-order valence-electron chi connectivity index (χ1n) is 21.1. The van der Waals surface area contributed by atoms with Gasteiger partial charge in [0, 0.05) is 16.9 Å². The molecule has 0 spiro atoms. The minimum Gasteiger partial charge on any atom is -0.477 e. The maximum atomic E-state index is 12.9. The molecule has 0 radical (unpaired) electrons. The minimum atomic E-state index is -4.78. The number of hydrogen-bond donors (Lipinski definition) is 7. The second-order valence-electron chi connectivity index (χ2n) is 15.9. The molecule has 360 valence electrons. The fourth-order valence-electron chi connectivity index (χ4n) is 6.53. The molecule has 6 rings (SSSR count). The van der Waals surface area contributed by atoms with Crippen molar-refractivity contribution in [3.63, 3.8) is 0 Å².